The minimum atomic E-state index is -0.929. The van der Waals surface area contributed by atoms with Gasteiger partial charge in [0, 0.05) is 0 Å². The van der Waals surface area contributed by atoms with Gasteiger partial charge < -0.3 is 0 Å². The van der Waals surface area contributed by atoms with E-state index in [1.165, 1.54) is 25.3 Å². The highest BCUT2D eigenvalue weighted by atomic mass is 79.9. The van der Waals surface area contributed by atoms with Gasteiger partial charge in [-0.15, -0.1) is 21.9 Å². The van der Waals surface area contributed by atoms with Gasteiger partial charge in [-0.3, -0.25) is 0 Å². The lowest BCUT2D eigenvalue weighted by molar-refractivity contribution is 0.808. The van der Waals surface area contributed by atoms with E-state index in [0.717, 1.165) is 0 Å². The summed E-state index contributed by atoms with van der Waals surface area (Å²) in [6, 6.07) is 1.39. The Hall–Kier alpha value is 0.437. The number of hydrogen-bond donors (Lipinski definition) is 0. The van der Waals surface area contributed by atoms with E-state index < -0.39 is 6.69 Å². The minimum Gasteiger partial charge on any atom is -0.127 e. The van der Waals surface area contributed by atoms with Crippen molar-refractivity contribution in [1.82, 2.24) is 0 Å². The molecule has 0 aromatic carbocycles. The van der Waals surface area contributed by atoms with Gasteiger partial charge in [0.25, 0.3) is 0 Å². The predicted molar refractivity (Wildman–Crippen MR) is 55.3 cm³/mol. The minimum absolute atomic E-state index is 0.929. The van der Waals surface area contributed by atoms with E-state index >= 15 is 0 Å². The zero-order valence-electron chi connectivity index (χ0n) is 6.99. The van der Waals surface area contributed by atoms with Crippen LogP contribution in [0.4, 0.5) is 0 Å². The Bertz CT molecular complexity index is 93.9. The van der Waals surface area contributed by atoms with Crippen LogP contribution < -0.4 is 0 Å². The predicted octanol–water partition coefficient (Wildman–Crippen LogP) is 3.94. The van der Waals surface area contributed by atoms with Crippen molar-refractivity contribution in [2.75, 3.05) is 0 Å². The quantitative estimate of drug-likeness (QED) is 0.285. The van der Waals surface area contributed by atoms with Crippen LogP contribution >= 0.6 is 15.3 Å². The smallest absolute Gasteiger partial charge is 0.124 e. The summed E-state index contributed by atoms with van der Waals surface area (Å²) in [5, 5.41) is 0. The standard InChI is InChI=1S/C8H17BrSi/c1-4-5-6-7-8-10(2,3)9/h4H,1,5-8H2,2-3H3. The zero-order chi connectivity index (χ0) is 8.04. The fourth-order valence-electron chi connectivity index (χ4n) is 0.834. The Balaban J connectivity index is 3.12. The lowest BCUT2D eigenvalue weighted by atomic mass is 10.2. The van der Waals surface area contributed by atoms with Crippen LogP contribution in [0, 0.1) is 0 Å². The van der Waals surface area contributed by atoms with Gasteiger partial charge in [-0.1, -0.05) is 32.0 Å². The summed E-state index contributed by atoms with van der Waals surface area (Å²) in [7, 11) is 0. The molecule has 0 fully saturated rings. The third-order valence-electron chi connectivity index (χ3n) is 1.43. The zero-order valence-corrected chi connectivity index (χ0v) is 9.58. The Morgan fingerprint density at radius 2 is 2.00 bits per heavy atom. The molecule has 0 amide bonds. The molecule has 0 rings (SSSR count). The molecule has 0 aliphatic carbocycles. The summed E-state index contributed by atoms with van der Waals surface area (Å²) in [5.41, 5.74) is 0. The van der Waals surface area contributed by atoms with Crippen molar-refractivity contribution in [3.05, 3.63) is 12.7 Å². The fourth-order valence-corrected chi connectivity index (χ4v) is 2.77. The Kier molecular flexibility index (Phi) is 5.36. The van der Waals surface area contributed by atoms with Crippen molar-refractivity contribution in [2.45, 2.75) is 38.4 Å². The largest absolute Gasteiger partial charge is 0.127 e. The third-order valence-corrected chi connectivity index (χ3v) is 4.16. The second kappa shape index (κ2) is 5.14. The molecule has 0 N–H and O–H groups in total. The normalized spacial score (nSPS) is 11.5. The highest BCUT2D eigenvalue weighted by molar-refractivity contribution is 9.26. The number of hydrogen-bond acceptors (Lipinski definition) is 0. The molecule has 60 valence electrons. The number of halogens is 1. The molecule has 0 radical (unpaired) electrons. The molecule has 0 saturated carbocycles. The summed E-state index contributed by atoms with van der Waals surface area (Å²) in [5.74, 6) is 0. The highest BCUT2D eigenvalue weighted by Gasteiger charge is 2.13. The van der Waals surface area contributed by atoms with E-state index in [9.17, 15) is 0 Å². The van der Waals surface area contributed by atoms with Crippen molar-refractivity contribution in [2.24, 2.45) is 0 Å². The number of allylic oxidation sites excluding steroid dienone is 1. The van der Waals surface area contributed by atoms with Gasteiger partial charge in [0.2, 0.25) is 0 Å². The van der Waals surface area contributed by atoms with Crippen molar-refractivity contribution >= 4 is 22.0 Å². The lowest BCUT2D eigenvalue weighted by Gasteiger charge is -2.11. The summed E-state index contributed by atoms with van der Waals surface area (Å²) in [4.78, 5) is 0. The molecule has 2 heteroatoms. The van der Waals surface area contributed by atoms with Gasteiger partial charge >= 0.3 is 0 Å². The molecule has 0 unspecified atom stereocenters. The van der Waals surface area contributed by atoms with Crippen LogP contribution in [0.2, 0.25) is 19.1 Å². The third kappa shape index (κ3) is 8.44. The average molecular weight is 221 g/mol. The van der Waals surface area contributed by atoms with E-state index in [-0.39, 0.29) is 0 Å². The fraction of sp³-hybridized carbons (Fsp3) is 0.750. The lowest BCUT2D eigenvalue weighted by Crippen LogP contribution is -2.13. The maximum atomic E-state index is 3.74. The van der Waals surface area contributed by atoms with E-state index in [1.54, 1.807) is 0 Å². The molecular weight excluding hydrogens is 204 g/mol. The Labute approximate surface area is 73.3 Å². The highest BCUT2D eigenvalue weighted by Crippen LogP contribution is 2.20. The van der Waals surface area contributed by atoms with Crippen LogP contribution in [0.15, 0.2) is 12.7 Å². The topological polar surface area (TPSA) is 0 Å². The molecule has 0 aromatic heterocycles. The maximum absolute atomic E-state index is 3.74. The molecule has 0 nitrogen and oxygen atoms in total. The second-order valence-corrected chi connectivity index (χ2v) is 13.6. The molecular formula is C8H17BrSi. The van der Waals surface area contributed by atoms with Crippen LogP contribution in [0.3, 0.4) is 0 Å². The van der Waals surface area contributed by atoms with E-state index in [1.807, 2.05) is 6.08 Å². The average Bonchev–Trinajstić information content (AvgIpc) is 1.78. The summed E-state index contributed by atoms with van der Waals surface area (Å²) in [6.07, 6.45) is 5.85. The van der Waals surface area contributed by atoms with Gasteiger partial charge in [-0.2, -0.15) is 0 Å². The van der Waals surface area contributed by atoms with Gasteiger partial charge in [0.15, 0.2) is 0 Å². The van der Waals surface area contributed by atoms with Crippen molar-refractivity contribution < 1.29 is 0 Å². The SMILES string of the molecule is C=CCCCC[Si](C)(C)Br. The first kappa shape index (κ1) is 10.4. The molecule has 0 heterocycles. The number of unbranched alkanes of at least 4 members (excludes halogenated alkanes) is 2. The molecule has 0 aliphatic rings. The van der Waals surface area contributed by atoms with Gasteiger partial charge in [-0.05, 0) is 12.5 Å². The van der Waals surface area contributed by atoms with Crippen LogP contribution in [-0.2, 0) is 0 Å². The van der Waals surface area contributed by atoms with Gasteiger partial charge in [-0.25, -0.2) is 0 Å². The van der Waals surface area contributed by atoms with Crippen molar-refractivity contribution in [3.8, 4) is 0 Å². The first-order valence-electron chi connectivity index (χ1n) is 3.86. The molecule has 0 spiro atoms. The monoisotopic (exact) mass is 220 g/mol. The molecule has 0 aliphatic heterocycles. The van der Waals surface area contributed by atoms with Crippen LogP contribution in [0.1, 0.15) is 19.3 Å². The molecule has 0 atom stereocenters. The van der Waals surface area contributed by atoms with Crippen molar-refractivity contribution in [1.29, 1.82) is 0 Å². The van der Waals surface area contributed by atoms with Crippen molar-refractivity contribution in [3.63, 3.8) is 0 Å². The van der Waals surface area contributed by atoms with E-state index in [2.05, 4.69) is 35.0 Å². The molecule has 0 saturated heterocycles. The van der Waals surface area contributed by atoms with Crippen LogP contribution in [0.25, 0.3) is 0 Å². The maximum Gasteiger partial charge on any atom is 0.124 e. The first-order valence-corrected chi connectivity index (χ1v) is 9.32. The van der Waals surface area contributed by atoms with E-state index in [0.29, 0.717) is 0 Å². The Morgan fingerprint density at radius 1 is 1.40 bits per heavy atom. The van der Waals surface area contributed by atoms with Crippen LogP contribution in [0.5, 0.6) is 0 Å². The summed E-state index contributed by atoms with van der Waals surface area (Å²) < 4.78 is 0. The van der Waals surface area contributed by atoms with Crippen LogP contribution in [-0.4, -0.2) is 6.69 Å². The number of rotatable bonds is 5. The molecule has 0 bridgehead atoms. The summed E-state index contributed by atoms with van der Waals surface area (Å²) >= 11 is 3.74. The van der Waals surface area contributed by atoms with E-state index in [4.69, 9.17) is 0 Å². The molecule has 10 heavy (non-hydrogen) atoms. The summed E-state index contributed by atoms with van der Waals surface area (Å²) in [6.45, 7) is 7.46. The molecule has 0 aromatic rings. The first-order chi connectivity index (χ1) is 4.56. The van der Waals surface area contributed by atoms with Gasteiger partial charge in [0.05, 0.1) is 0 Å². The second-order valence-electron chi connectivity index (χ2n) is 3.25. The Morgan fingerprint density at radius 3 is 2.40 bits per heavy atom. The van der Waals surface area contributed by atoms with Gasteiger partial charge in [0.1, 0.15) is 6.69 Å².